The van der Waals surface area contributed by atoms with Crippen LogP contribution in [-0.4, -0.2) is 6.61 Å². The van der Waals surface area contributed by atoms with Gasteiger partial charge in [-0.3, -0.25) is 0 Å². The van der Waals surface area contributed by atoms with Crippen molar-refractivity contribution in [2.75, 3.05) is 6.61 Å². The summed E-state index contributed by atoms with van der Waals surface area (Å²) in [5.74, 6) is 0.924. The van der Waals surface area contributed by atoms with Gasteiger partial charge in [-0.05, 0) is 48.7 Å². The van der Waals surface area contributed by atoms with Crippen LogP contribution in [0.2, 0.25) is 0 Å². The Kier molecular flexibility index (Phi) is 5.46. The Morgan fingerprint density at radius 1 is 1.11 bits per heavy atom. The van der Waals surface area contributed by atoms with Crippen LogP contribution in [0.4, 0.5) is 0 Å². The molecule has 2 aromatic rings. The molecule has 2 rings (SSSR count). The summed E-state index contributed by atoms with van der Waals surface area (Å²) in [5, 5.41) is 0. The molecule has 2 aromatic carbocycles. The molecule has 0 aromatic heterocycles. The Hall–Kier alpha value is -0.800. The summed E-state index contributed by atoms with van der Waals surface area (Å²) in [6.07, 6.45) is 0.966. The summed E-state index contributed by atoms with van der Waals surface area (Å²) in [5.41, 5.74) is 2.58. The van der Waals surface area contributed by atoms with Crippen molar-refractivity contribution < 1.29 is 4.74 Å². The third-order valence-electron chi connectivity index (χ3n) is 2.86. The second-order valence-electron chi connectivity index (χ2n) is 4.30. The van der Waals surface area contributed by atoms with Gasteiger partial charge in [0.05, 0.1) is 6.61 Å². The van der Waals surface area contributed by atoms with Gasteiger partial charge in [0.25, 0.3) is 0 Å². The van der Waals surface area contributed by atoms with Crippen LogP contribution in [0.25, 0.3) is 0 Å². The Morgan fingerprint density at radius 3 is 2.47 bits per heavy atom. The van der Waals surface area contributed by atoms with E-state index in [1.807, 2.05) is 25.1 Å². The van der Waals surface area contributed by atoms with Crippen molar-refractivity contribution in [2.24, 2.45) is 0 Å². The van der Waals surface area contributed by atoms with Gasteiger partial charge < -0.3 is 4.74 Å². The van der Waals surface area contributed by atoms with Crippen molar-refractivity contribution in [3.05, 3.63) is 64.1 Å². The molecule has 0 fully saturated rings. The average molecular weight is 384 g/mol. The number of hydrogen-bond acceptors (Lipinski definition) is 1. The van der Waals surface area contributed by atoms with Gasteiger partial charge in [0.2, 0.25) is 0 Å². The smallest absolute Gasteiger partial charge is 0.119 e. The number of benzene rings is 2. The Labute approximate surface area is 131 Å². The van der Waals surface area contributed by atoms with Crippen LogP contribution < -0.4 is 4.74 Å². The first kappa shape index (κ1) is 14.6. The first-order valence-electron chi connectivity index (χ1n) is 6.30. The minimum absolute atomic E-state index is 0.317. The van der Waals surface area contributed by atoms with Crippen molar-refractivity contribution in [3.63, 3.8) is 0 Å². The van der Waals surface area contributed by atoms with Crippen molar-refractivity contribution >= 4 is 31.9 Å². The Morgan fingerprint density at radius 2 is 1.84 bits per heavy atom. The van der Waals surface area contributed by atoms with Crippen LogP contribution in [0, 0.1) is 0 Å². The molecule has 1 unspecified atom stereocenters. The lowest BCUT2D eigenvalue weighted by Crippen LogP contribution is -1.96. The van der Waals surface area contributed by atoms with Gasteiger partial charge in [-0.2, -0.15) is 0 Å². The summed E-state index contributed by atoms with van der Waals surface area (Å²) in [7, 11) is 0. The summed E-state index contributed by atoms with van der Waals surface area (Å²) in [6, 6.07) is 16.7. The highest BCUT2D eigenvalue weighted by Crippen LogP contribution is 2.29. The van der Waals surface area contributed by atoms with Gasteiger partial charge in [0.1, 0.15) is 5.75 Å². The molecule has 0 aliphatic carbocycles. The minimum atomic E-state index is 0.317. The molecular weight excluding hydrogens is 368 g/mol. The van der Waals surface area contributed by atoms with Crippen molar-refractivity contribution in [2.45, 2.75) is 18.2 Å². The summed E-state index contributed by atoms with van der Waals surface area (Å²) >= 11 is 7.26. The maximum atomic E-state index is 5.45. The number of halogens is 2. The molecule has 1 atom stereocenters. The number of hydrogen-bond donors (Lipinski definition) is 0. The third-order valence-corrected chi connectivity index (χ3v) is 4.20. The van der Waals surface area contributed by atoms with Gasteiger partial charge in [0.15, 0.2) is 0 Å². The summed E-state index contributed by atoms with van der Waals surface area (Å²) in [4.78, 5) is 0.317. The fourth-order valence-corrected chi connectivity index (χ4v) is 3.05. The maximum Gasteiger partial charge on any atom is 0.119 e. The monoisotopic (exact) mass is 382 g/mol. The SMILES string of the molecule is CCOc1ccc(C(Br)Cc2cccc(Br)c2)cc1. The zero-order chi connectivity index (χ0) is 13.7. The summed E-state index contributed by atoms with van der Waals surface area (Å²) < 4.78 is 6.57. The lowest BCUT2D eigenvalue weighted by molar-refractivity contribution is 0.340. The highest BCUT2D eigenvalue weighted by atomic mass is 79.9. The van der Waals surface area contributed by atoms with Crippen LogP contribution in [0.3, 0.4) is 0 Å². The third kappa shape index (κ3) is 4.36. The Balaban J connectivity index is 2.05. The molecule has 0 bridgehead atoms. The molecule has 0 N–H and O–H groups in total. The van der Waals surface area contributed by atoms with E-state index in [0.29, 0.717) is 11.4 Å². The molecular formula is C16H16Br2O. The highest BCUT2D eigenvalue weighted by molar-refractivity contribution is 9.10. The zero-order valence-electron chi connectivity index (χ0n) is 10.8. The largest absolute Gasteiger partial charge is 0.494 e. The van der Waals surface area contributed by atoms with Crippen molar-refractivity contribution in [1.82, 2.24) is 0 Å². The lowest BCUT2D eigenvalue weighted by Gasteiger charge is -2.11. The van der Waals surface area contributed by atoms with Crippen LogP contribution >= 0.6 is 31.9 Å². The van der Waals surface area contributed by atoms with Gasteiger partial charge in [0, 0.05) is 9.30 Å². The zero-order valence-corrected chi connectivity index (χ0v) is 13.9. The van der Waals surface area contributed by atoms with Gasteiger partial charge in [-0.15, -0.1) is 0 Å². The molecule has 1 nitrogen and oxygen atoms in total. The molecule has 100 valence electrons. The summed E-state index contributed by atoms with van der Waals surface area (Å²) in [6.45, 7) is 2.70. The highest BCUT2D eigenvalue weighted by Gasteiger charge is 2.09. The van der Waals surface area contributed by atoms with E-state index < -0.39 is 0 Å². The molecule has 19 heavy (non-hydrogen) atoms. The van der Waals surface area contributed by atoms with E-state index in [4.69, 9.17) is 4.74 Å². The predicted molar refractivity (Wildman–Crippen MR) is 87.1 cm³/mol. The van der Waals surface area contributed by atoms with Crippen molar-refractivity contribution in [1.29, 1.82) is 0 Å². The molecule has 3 heteroatoms. The van der Waals surface area contributed by atoms with Crippen molar-refractivity contribution in [3.8, 4) is 5.75 Å². The first-order chi connectivity index (χ1) is 9.19. The maximum absolute atomic E-state index is 5.45. The minimum Gasteiger partial charge on any atom is -0.494 e. The van der Waals surface area contributed by atoms with Gasteiger partial charge >= 0.3 is 0 Å². The van der Waals surface area contributed by atoms with Gasteiger partial charge in [-0.25, -0.2) is 0 Å². The van der Waals surface area contributed by atoms with Crippen LogP contribution in [0.5, 0.6) is 5.75 Å². The van der Waals surface area contributed by atoms with E-state index >= 15 is 0 Å². The van der Waals surface area contributed by atoms with Crippen LogP contribution in [0.1, 0.15) is 22.9 Å². The van der Waals surface area contributed by atoms with Gasteiger partial charge in [-0.1, -0.05) is 56.1 Å². The van der Waals surface area contributed by atoms with E-state index in [9.17, 15) is 0 Å². The normalized spacial score (nSPS) is 12.2. The number of rotatable bonds is 5. The van der Waals surface area contributed by atoms with Crippen LogP contribution in [0.15, 0.2) is 53.0 Å². The molecule has 0 aliphatic heterocycles. The lowest BCUT2D eigenvalue weighted by atomic mass is 10.0. The van der Waals surface area contributed by atoms with E-state index in [1.165, 1.54) is 11.1 Å². The molecule has 0 saturated heterocycles. The van der Waals surface area contributed by atoms with E-state index in [2.05, 4.69) is 62.2 Å². The fourth-order valence-electron chi connectivity index (χ4n) is 1.93. The second kappa shape index (κ2) is 7.11. The van der Waals surface area contributed by atoms with E-state index in [0.717, 1.165) is 16.6 Å². The molecule has 0 aliphatic rings. The number of alkyl halides is 1. The topological polar surface area (TPSA) is 9.23 Å². The van der Waals surface area contributed by atoms with E-state index in [1.54, 1.807) is 0 Å². The quantitative estimate of drug-likeness (QED) is 0.617. The Bertz CT molecular complexity index is 523. The van der Waals surface area contributed by atoms with Crippen LogP contribution in [-0.2, 0) is 6.42 Å². The molecule has 0 radical (unpaired) electrons. The molecule has 0 saturated carbocycles. The second-order valence-corrected chi connectivity index (χ2v) is 6.32. The first-order valence-corrected chi connectivity index (χ1v) is 8.01. The predicted octanol–water partition coefficient (Wildman–Crippen LogP) is 5.53. The molecule has 0 heterocycles. The average Bonchev–Trinajstić information content (AvgIpc) is 2.40. The molecule has 0 amide bonds. The number of ether oxygens (including phenoxy) is 1. The standard InChI is InChI=1S/C16H16Br2O/c1-2-19-15-8-6-13(7-9-15)16(18)11-12-4-3-5-14(17)10-12/h3-10,16H,2,11H2,1H3. The molecule has 0 spiro atoms. The fraction of sp³-hybridized carbons (Fsp3) is 0.250. The van der Waals surface area contributed by atoms with E-state index in [-0.39, 0.29) is 0 Å².